The summed E-state index contributed by atoms with van der Waals surface area (Å²) in [4.78, 5) is 16.4. The maximum absolute atomic E-state index is 5.44. The Balaban J connectivity index is 1.86. The lowest BCUT2D eigenvalue weighted by molar-refractivity contribution is 0.122. The van der Waals surface area contributed by atoms with Crippen LogP contribution in [0.25, 0.3) is 0 Å². The van der Waals surface area contributed by atoms with Crippen LogP contribution in [0, 0.1) is 0 Å². The molecule has 3 rings (SSSR count). The summed E-state index contributed by atoms with van der Waals surface area (Å²) in [5.41, 5.74) is 0. The van der Waals surface area contributed by atoms with E-state index in [0.29, 0.717) is 0 Å². The lowest BCUT2D eigenvalue weighted by Gasteiger charge is -2.32. The first-order valence-electron chi connectivity index (χ1n) is 7.53. The van der Waals surface area contributed by atoms with Gasteiger partial charge in [0.2, 0.25) is 0 Å². The Hall–Kier alpha value is -0.920. The topological polar surface area (TPSA) is 44.7 Å². The summed E-state index contributed by atoms with van der Waals surface area (Å²) in [7, 11) is 2.18. The summed E-state index contributed by atoms with van der Waals surface area (Å²) >= 11 is 3.46. The largest absolute Gasteiger partial charge is 0.378 e. The van der Waals surface area contributed by atoms with E-state index in [0.717, 1.165) is 75.1 Å². The van der Waals surface area contributed by atoms with Crippen LogP contribution < -0.4 is 9.80 Å². The number of ether oxygens (including phenoxy) is 1. The van der Waals surface area contributed by atoms with Crippen molar-refractivity contribution in [3.8, 4) is 0 Å². The van der Waals surface area contributed by atoms with Gasteiger partial charge in [-0.1, -0.05) is 0 Å². The lowest BCUT2D eigenvalue weighted by Crippen LogP contribution is -2.39. The molecule has 0 amide bonds. The number of anilines is 2. The Morgan fingerprint density at radius 3 is 2.57 bits per heavy atom. The van der Waals surface area contributed by atoms with Gasteiger partial charge in [-0.2, -0.15) is 0 Å². The minimum atomic E-state index is 0.764. The number of rotatable bonds is 2. The molecule has 2 aliphatic rings. The Bertz CT molecular complexity index is 480. The van der Waals surface area contributed by atoms with Gasteiger partial charge < -0.3 is 19.4 Å². The van der Waals surface area contributed by atoms with Crippen LogP contribution in [-0.4, -0.2) is 74.4 Å². The van der Waals surface area contributed by atoms with Gasteiger partial charge in [-0.05, 0) is 35.9 Å². The fraction of sp³-hybridized carbons (Fsp3) is 0.714. The van der Waals surface area contributed by atoms with Crippen molar-refractivity contribution in [1.29, 1.82) is 0 Å². The summed E-state index contributed by atoms with van der Waals surface area (Å²) < 4.78 is 6.24. The summed E-state index contributed by atoms with van der Waals surface area (Å²) in [6, 6.07) is 0. The molecule has 6 nitrogen and oxygen atoms in total. The first-order valence-corrected chi connectivity index (χ1v) is 8.32. The van der Waals surface area contributed by atoms with Gasteiger partial charge in [0, 0.05) is 32.7 Å². The zero-order valence-corrected chi connectivity index (χ0v) is 14.0. The van der Waals surface area contributed by atoms with E-state index in [2.05, 4.69) is 42.7 Å². The third-order valence-electron chi connectivity index (χ3n) is 4.04. The quantitative estimate of drug-likeness (QED) is 0.794. The van der Waals surface area contributed by atoms with Crippen LogP contribution in [-0.2, 0) is 4.74 Å². The normalized spacial score (nSPS) is 21.4. The molecule has 0 radical (unpaired) electrons. The number of likely N-dealkylation sites (N-methyl/N-ethyl adjacent to an activating group) is 1. The Labute approximate surface area is 134 Å². The molecule has 0 aliphatic carbocycles. The second kappa shape index (κ2) is 6.89. The van der Waals surface area contributed by atoms with Gasteiger partial charge in [0.25, 0.3) is 0 Å². The highest BCUT2D eigenvalue weighted by molar-refractivity contribution is 9.10. The van der Waals surface area contributed by atoms with E-state index in [1.807, 2.05) is 0 Å². The SMILES string of the molecule is CN1CCCN(c2nc(Br)cnc2N2CCOCC2)CC1. The Morgan fingerprint density at radius 2 is 1.76 bits per heavy atom. The van der Waals surface area contributed by atoms with Crippen molar-refractivity contribution >= 4 is 27.6 Å². The maximum atomic E-state index is 5.44. The van der Waals surface area contributed by atoms with E-state index >= 15 is 0 Å². The Kier molecular flexibility index (Phi) is 4.92. The smallest absolute Gasteiger partial charge is 0.173 e. The molecule has 21 heavy (non-hydrogen) atoms. The maximum Gasteiger partial charge on any atom is 0.173 e. The molecule has 116 valence electrons. The number of morpholine rings is 1. The molecule has 3 heterocycles. The molecule has 0 N–H and O–H groups in total. The zero-order valence-electron chi connectivity index (χ0n) is 12.5. The van der Waals surface area contributed by atoms with Crippen LogP contribution in [0.3, 0.4) is 0 Å². The summed E-state index contributed by atoms with van der Waals surface area (Å²) in [6.45, 7) is 7.54. The van der Waals surface area contributed by atoms with Gasteiger partial charge in [0.15, 0.2) is 11.6 Å². The third-order valence-corrected chi connectivity index (χ3v) is 4.42. The molecule has 0 aromatic carbocycles. The van der Waals surface area contributed by atoms with Crippen molar-refractivity contribution in [1.82, 2.24) is 14.9 Å². The van der Waals surface area contributed by atoms with E-state index in [1.165, 1.54) is 0 Å². The summed E-state index contributed by atoms with van der Waals surface area (Å²) in [5.74, 6) is 1.99. The highest BCUT2D eigenvalue weighted by Crippen LogP contribution is 2.28. The van der Waals surface area contributed by atoms with E-state index in [9.17, 15) is 0 Å². The van der Waals surface area contributed by atoms with Crippen molar-refractivity contribution in [2.45, 2.75) is 6.42 Å². The second-order valence-electron chi connectivity index (χ2n) is 5.58. The average molecular weight is 356 g/mol. The monoisotopic (exact) mass is 355 g/mol. The minimum Gasteiger partial charge on any atom is -0.378 e. The number of hydrogen-bond acceptors (Lipinski definition) is 6. The van der Waals surface area contributed by atoms with Gasteiger partial charge in [0.1, 0.15) is 4.60 Å². The van der Waals surface area contributed by atoms with Crippen LogP contribution >= 0.6 is 15.9 Å². The molecule has 0 atom stereocenters. The molecule has 0 saturated carbocycles. The fourth-order valence-corrected chi connectivity index (χ4v) is 3.09. The Morgan fingerprint density at radius 1 is 1.00 bits per heavy atom. The van der Waals surface area contributed by atoms with Crippen LogP contribution in [0.4, 0.5) is 11.6 Å². The predicted octanol–water partition coefficient (Wildman–Crippen LogP) is 1.22. The molecule has 7 heteroatoms. The molecule has 0 bridgehead atoms. The van der Waals surface area contributed by atoms with Gasteiger partial charge in [-0.25, -0.2) is 9.97 Å². The molecule has 2 aliphatic heterocycles. The van der Waals surface area contributed by atoms with Crippen molar-refractivity contribution in [2.75, 3.05) is 69.3 Å². The van der Waals surface area contributed by atoms with Crippen molar-refractivity contribution in [3.05, 3.63) is 10.8 Å². The minimum absolute atomic E-state index is 0.764. The van der Waals surface area contributed by atoms with Crippen molar-refractivity contribution in [2.24, 2.45) is 0 Å². The molecule has 1 aromatic rings. The first kappa shape index (κ1) is 15.0. The van der Waals surface area contributed by atoms with Crippen LogP contribution in [0.1, 0.15) is 6.42 Å². The number of nitrogens with zero attached hydrogens (tertiary/aromatic N) is 5. The molecular weight excluding hydrogens is 334 g/mol. The van der Waals surface area contributed by atoms with E-state index in [-0.39, 0.29) is 0 Å². The van der Waals surface area contributed by atoms with Gasteiger partial charge in [-0.3, -0.25) is 0 Å². The fourth-order valence-electron chi connectivity index (χ4n) is 2.82. The standard InChI is InChI=1S/C14H22BrN5O/c1-18-3-2-4-19(6-5-18)14-13(16-11-12(15)17-14)20-7-9-21-10-8-20/h11H,2-10H2,1H3. The van der Waals surface area contributed by atoms with Gasteiger partial charge in [0.05, 0.1) is 19.4 Å². The average Bonchev–Trinajstić information content (AvgIpc) is 2.73. The highest BCUT2D eigenvalue weighted by atomic mass is 79.9. The highest BCUT2D eigenvalue weighted by Gasteiger charge is 2.23. The third kappa shape index (κ3) is 3.64. The summed E-state index contributed by atoms with van der Waals surface area (Å²) in [5, 5.41) is 0. The number of hydrogen-bond donors (Lipinski definition) is 0. The second-order valence-corrected chi connectivity index (χ2v) is 6.40. The number of halogens is 1. The molecule has 2 saturated heterocycles. The molecule has 0 unspecified atom stereocenters. The van der Waals surface area contributed by atoms with Crippen LogP contribution in [0.2, 0.25) is 0 Å². The van der Waals surface area contributed by atoms with E-state index < -0.39 is 0 Å². The van der Waals surface area contributed by atoms with E-state index in [4.69, 9.17) is 9.72 Å². The zero-order chi connectivity index (χ0) is 14.7. The van der Waals surface area contributed by atoms with Gasteiger partial charge >= 0.3 is 0 Å². The first-order chi connectivity index (χ1) is 10.2. The van der Waals surface area contributed by atoms with Crippen molar-refractivity contribution < 1.29 is 4.74 Å². The predicted molar refractivity (Wildman–Crippen MR) is 87.1 cm³/mol. The lowest BCUT2D eigenvalue weighted by atomic mass is 10.3. The molecular formula is C14H22BrN5O. The van der Waals surface area contributed by atoms with Crippen molar-refractivity contribution in [3.63, 3.8) is 0 Å². The molecule has 0 spiro atoms. The van der Waals surface area contributed by atoms with E-state index in [1.54, 1.807) is 6.20 Å². The number of aromatic nitrogens is 2. The molecule has 2 fully saturated rings. The summed E-state index contributed by atoms with van der Waals surface area (Å²) in [6.07, 6.45) is 2.95. The molecule has 1 aromatic heterocycles. The van der Waals surface area contributed by atoms with Crippen LogP contribution in [0.5, 0.6) is 0 Å². The van der Waals surface area contributed by atoms with Crippen LogP contribution in [0.15, 0.2) is 10.8 Å². The van der Waals surface area contributed by atoms with Gasteiger partial charge in [-0.15, -0.1) is 0 Å².